The van der Waals surface area contributed by atoms with Crippen molar-refractivity contribution in [1.82, 2.24) is 10.2 Å². The summed E-state index contributed by atoms with van der Waals surface area (Å²) in [6.07, 6.45) is 0. The van der Waals surface area contributed by atoms with Gasteiger partial charge in [0.2, 0.25) is 5.91 Å². The summed E-state index contributed by atoms with van der Waals surface area (Å²) in [5.41, 5.74) is 6.11. The molecular weight excluding hydrogens is 297 g/mol. The second kappa shape index (κ2) is 8.47. The van der Waals surface area contributed by atoms with Gasteiger partial charge >= 0.3 is 0 Å². The van der Waals surface area contributed by atoms with Gasteiger partial charge in [0.05, 0.1) is 0 Å². The van der Waals surface area contributed by atoms with Crippen LogP contribution in [0.5, 0.6) is 0 Å². The van der Waals surface area contributed by atoms with Crippen LogP contribution in [-0.2, 0) is 4.79 Å². The van der Waals surface area contributed by atoms with Crippen molar-refractivity contribution in [3.05, 3.63) is 33.8 Å². The number of hydrogen-bond acceptors (Lipinski definition) is 3. The molecule has 0 fully saturated rings. The summed E-state index contributed by atoms with van der Waals surface area (Å²) in [6.45, 7) is 7.66. The predicted octanol–water partition coefficient (Wildman–Crippen LogP) is 2.45. The Hall–Kier alpha value is -0.810. The molecule has 6 heteroatoms. The van der Waals surface area contributed by atoms with Gasteiger partial charge in [0.15, 0.2) is 0 Å². The summed E-state index contributed by atoms with van der Waals surface area (Å²) < 4.78 is 0. The number of nitrogens with zero attached hydrogens (tertiary/aromatic N) is 1. The minimum Gasteiger partial charge on any atom is -0.368 e. The normalized spacial score (nSPS) is 12.7. The highest BCUT2D eigenvalue weighted by atomic mass is 35.5. The molecule has 112 valence electrons. The zero-order valence-electron chi connectivity index (χ0n) is 11.8. The van der Waals surface area contributed by atoms with E-state index < -0.39 is 11.9 Å². The number of carbonyl (C=O) groups is 1. The van der Waals surface area contributed by atoms with Crippen molar-refractivity contribution in [3.63, 3.8) is 0 Å². The molecule has 0 spiro atoms. The Labute approximate surface area is 130 Å². The molecule has 3 N–H and O–H groups in total. The topological polar surface area (TPSA) is 58.4 Å². The van der Waals surface area contributed by atoms with Crippen LogP contribution >= 0.6 is 23.2 Å². The molecule has 0 radical (unpaired) electrons. The predicted molar refractivity (Wildman–Crippen MR) is 84.2 cm³/mol. The SMILES string of the molecule is CCN(CC)CCNC(C(N)=O)c1ccc(Cl)cc1Cl. The third kappa shape index (κ3) is 4.94. The smallest absolute Gasteiger partial charge is 0.239 e. The highest BCUT2D eigenvalue weighted by molar-refractivity contribution is 6.35. The molecule has 1 aromatic rings. The lowest BCUT2D eigenvalue weighted by atomic mass is 10.1. The Morgan fingerprint density at radius 2 is 2.00 bits per heavy atom. The van der Waals surface area contributed by atoms with Crippen molar-refractivity contribution in [2.24, 2.45) is 5.73 Å². The van der Waals surface area contributed by atoms with Crippen LogP contribution in [0.25, 0.3) is 0 Å². The molecule has 20 heavy (non-hydrogen) atoms. The molecule has 0 saturated carbocycles. The average Bonchev–Trinajstić information content (AvgIpc) is 2.40. The van der Waals surface area contributed by atoms with Gasteiger partial charge in [-0.1, -0.05) is 43.1 Å². The summed E-state index contributed by atoms with van der Waals surface area (Å²) in [5, 5.41) is 4.12. The van der Waals surface area contributed by atoms with E-state index in [0.29, 0.717) is 22.2 Å². The third-order valence-electron chi connectivity index (χ3n) is 3.23. The van der Waals surface area contributed by atoms with Gasteiger partial charge in [0.1, 0.15) is 6.04 Å². The highest BCUT2D eigenvalue weighted by Crippen LogP contribution is 2.26. The Morgan fingerprint density at radius 1 is 1.35 bits per heavy atom. The summed E-state index contributed by atoms with van der Waals surface area (Å²) in [6, 6.07) is 4.44. The largest absolute Gasteiger partial charge is 0.368 e. The van der Waals surface area contributed by atoms with Crippen molar-refractivity contribution in [1.29, 1.82) is 0 Å². The highest BCUT2D eigenvalue weighted by Gasteiger charge is 2.20. The molecule has 1 atom stereocenters. The maximum atomic E-state index is 11.6. The lowest BCUT2D eigenvalue weighted by Crippen LogP contribution is -2.38. The number of primary amides is 1. The van der Waals surface area contributed by atoms with Crippen LogP contribution in [0.1, 0.15) is 25.5 Å². The minimum atomic E-state index is -0.602. The molecule has 4 nitrogen and oxygen atoms in total. The van der Waals surface area contributed by atoms with E-state index in [1.165, 1.54) is 0 Å². The third-order valence-corrected chi connectivity index (χ3v) is 3.79. The molecule has 0 aliphatic rings. The van der Waals surface area contributed by atoms with Crippen LogP contribution in [0.4, 0.5) is 0 Å². The molecule has 0 heterocycles. The molecule has 1 aromatic carbocycles. The first-order valence-corrected chi connectivity index (χ1v) is 7.45. The van der Waals surface area contributed by atoms with Gasteiger partial charge < -0.3 is 16.0 Å². The second-order valence-electron chi connectivity index (χ2n) is 4.48. The average molecular weight is 318 g/mol. The number of nitrogens with one attached hydrogen (secondary N) is 1. The van der Waals surface area contributed by atoms with E-state index in [4.69, 9.17) is 28.9 Å². The van der Waals surface area contributed by atoms with E-state index in [1.807, 2.05) is 0 Å². The monoisotopic (exact) mass is 317 g/mol. The lowest BCUT2D eigenvalue weighted by molar-refractivity contribution is -0.120. The van der Waals surface area contributed by atoms with E-state index in [-0.39, 0.29) is 0 Å². The van der Waals surface area contributed by atoms with Crippen LogP contribution in [0, 0.1) is 0 Å². The van der Waals surface area contributed by atoms with E-state index in [0.717, 1.165) is 19.6 Å². The van der Waals surface area contributed by atoms with Gasteiger partial charge in [-0.25, -0.2) is 0 Å². The Bertz CT molecular complexity index is 450. The van der Waals surface area contributed by atoms with Crippen LogP contribution in [-0.4, -0.2) is 37.0 Å². The molecule has 0 bridgehead atoms. The molecule has 0 aromatic heterocycles. The summed E-state index contributed by atoms with van der Waals surface area (Å²) in [7, 11) is 0. The number of halogens is 2. The van der Waals surface area contributed by atoms with E-state index in [2.05, 4.69) is 24.1 Å². The van der Waals surface area contributed by atoms with Crippen molar-refractivity contribution in [3.8, 4) is 0 Å². The number of nitrogens with two attached hydrogens (primary N) is 1. The summed E-state index contributed by atoms with van der Waals surface area (Å²) in [4.78, 5) is 13.9. The van der Waals surface area contributed by atoms with Crippen LogP contribution in [0.2, 0.25) is 10.0 Å². The first-order chi connectivity index (χ1) is 9.49. The number of carbonyl (C=O) groups excluding carboxylic acids is 1. The van der Waals surface area contributed by atoms with Crippen molar-refractivity contribution < 1.29 is 4.79 Å². The van der Waals surface area contributed by atoms with Crippen LogP contribution in [0.3, 0.4) is 0 Å². The van der Waals surface area contributed by atoms with Crippen molar-refractivity contribution in [2.45, 2.75) is 19.9 Å². The first-order valence-electron chi connectivity index (χ1n) is 6.69. The number of hydrogen-bond donors (Lipinski definition) is 2. The fourth-order valence-corrected chi connectivity index (χ4v) is 2.52. The molecule has 0 saturated heterocycles. The van der Waals surface area contributed by atoms with Gasteiger partial charge in [0.25, 0.3) is 0 Å². The Kier molecular flexibility index (Phi) is 7.30. The maximum absolute atomic E-state index is 11.6. The van der Waals surface area contributed by atoms with E-state index in [9.17, 15) is 4.79 Å². The van der Waals surface area contributed by atoms with E-state index in [1.54, 1.807) is 18.2 Å². The lowest BCUT2D eigenvalue weighted by Gasteiger charge is -2.21. The molecule has 0 aliphatic carbocycles. The fraction of sp³-hybridized carbons (Fsp3) is 0.500. The van der Waals surface area contributed by atoms with Crippen molar-refractivity contribution in [2.75, 3.05) is 26.2 Å². The number of rotatable bonds is 8. The maximum Gasteiger partial charge on any atom is 0.239 e. The van der Waals surface area contributed by atoms with Crippen LogP contribution < -0.4 is 11.1 Å². The minimum absolute atomic E-state index is 0.441. The quantitative estimate of drug-likeness (QED) is 0.774. The summed E-state index contributed by atoms with van der Waals surface area (Å²) >= 11 is 12.0. The van der Waals surface area contributed by atoms with Gasteiger partial charge in [-0.2, -0.15) is 0 Å². The Balaban J connectivity index is 2.72. The molecule has 1 rings (SSSR count). The number of likely N-dealkylation sites (N-methyl/N-ethyl adjacent to an activating group) is 1. The molecular formula is C14H21Cl2N3O. The standard InChI is InChI=1S/C14H21Cl2N3O/c1-3-19(4-2)8-7-18-13(14(17)20)11-6-5-10(15)9-12(11)16/h5-6,9,13,18H,3-4,7-8H2,1-2H3,(H2,17,20). The second-order valence-corrected chi connectivity index (χ2v) is 5.33. The number of benzene rings is 1. The van der Waals surface area contributed by atoms with Crippen molar-refractivity contribution >= 4 is 29.1 Å². The Morgan fingerprint density at radius 3 is 2.50 bits per heavy atom. The van der Waals surface area contributed by atoms with Gasteiger partial charge in [-0.15, -0.1) is 0 Å². The zero-order chi connectivity index (χ0) is 15.1. The van der Waals surface area contributed by atoms with Gasteiger partial charge in [0, 0.05) is 23.1 Å². The van der Waals surface area contributed by atoms with Crippen LogP contribution in [0.15, 0.2) is 18.2 Å². The number of amides is 1. The zero-order valence-corrected chi connectivity index (χ0v) is 13.3. The van der Waals surface area contributed by atoms with Gasteiger partial charge in [-0.3, -0.25) is 4.79 Å². The molecule has 1 unspecified atom stereocenters. The molecule has 0 aliphatic heterocycles. The molecule has 1 amide bonds. The fourth-order valence-electron chi connectivity index (χ4n) is 2.01. The van der Waals surface area contributed by atoms with Gasteiger partial charge in [-0.05, 0) is 30.8 Å². The van der Waals surface area contributed by atoms with E-state index >= 15 is 0 Å². The first kappa shape index (κ1) is 17.2. The summed E-state index contributed by atoms with van der Waals surface area (Å²) in [5.74, 6) is -0.450.